The molecule has 4 heteroatoms. The molecule has 0 aliphatic carbocycles. The van der Waals surface area contributed by atoms with Crippen molar-refractivity contribution in [1.82, 2.24) is 0 Å². The third kappa shape index (κ3) is 2.35. The summed E-state index contributed by atoms with van der Waals surface area (Å²) in [5, 5.41) is 8.82. The van der Waals surface area contributed by atoms with Crippen LogP contribution in [0.25, 0.3) is 0 Å². The topological polar surface area (TPSA) is 51.8 Å². The second kappa shape index (κ2) is 4.72. The fourth-order valence-electron chi connectivity index (χ4n) is 1.26. The lowest BCUT2D eigenvalue weighted by atomic mass is 10.3. The number of hydrogen-bond acceptors (Lipinski definition) is 4. The molecule has 2 aromatic rings. The van der Waals surface area contributed by atoms with Crippen molar-refractivity contribution in [2.24, 2.45) is 0 Å². The van der Waals surface area contributed by atoms with Gasteiger partial charge in [-0.3, -0.25) is 0 Å². The molecule has 0 aliphatic heterocycles. The van der Waals surface area contributed by atoms with E-state index in [1.807, 2.05) is 0 Å². The minimum atomic E-state index is -0.133. The predicted octanol–water partition coefficient (Wildman–Crippen LogP) is 2.57. The minimum Gasteiger partial charge on any atom is -0.497 e. The van der Waals surface area contributed by atoms with Gasteiger partial charge in [0.25, 0.3) is 5.95 Å². The molecule has 4 nitrogen and oxygen atoms in total. The summed E-state index contributed by atoms with van der Waals surface area (Å²) in [6.07, 6.45) is 0. The molecule has 0 radical (unpaired) electrons. The van der Waals surface area contributed by atoms with Gasteiger partial charge < -0.3 is 19.0 Å². The Labute approximate surface area is 93.0 Å². The van der Waals surface area contributed by atoms with E-state index in [0.717, 1.165) is 5.75 Å². The third-order valence-corrected chi connectivity index (χ3v) is 2.07. The van der Waals surface area contributed by atoms with Crippen molar-refractivity contribution < 1.29 is 19.0 Å². The highest BCUT2D eigenvalue weighted by atomic mass is 16.6. The average molecular weight is 220 g/mol. The molecule has 16 heavy (non-hydrogen) atoms. The lowest BCUT2D eigenvalue weighted by Crippen LogP contribution is -1.84. The molecule has 0 saturated carbocycles. The number of hydrogen-bond donors (Lipinski definition) is 1. The van der Waals surface area contributed by atoms with Crippen LogP contribution >= 0.6 is 0 Å². The van der Waals surface area contributed by atoms with Gasteiger partial charge in [-0.15, -0.1) is 0 Å². The van der Waals surface area contributed by atoms with Crippen molar-refractivity contribution in [1.29, 1.82) is 0 Å². The molecule has 1 N–H and O–H groups in total. The van der Waals surface area contributed by atoms with E-state index in [2.05, 4.69) is 0 Å². The van der Waals surface area contributed by atoms with Crippen LogP contribution in [-0.4, -0.2) is 12.2 Å². The molecule has 0 atom stereocenters. The summed E-state index contributed by atoms with van der Waals surface area (Å²) in [5.74, 6) is 2.25. The Balaban J connectivity index is 2.08. The Kier molecular flexibility index (Phi) is 3.12. The number of rotatable bonds is 4. The number of aliphatic hydroxyl groups excluding tert-OH is 1. The van der Waals surface area contributed by atoms with Crippen LogP contribution in [0.3, 0.4) is 0 Å². The SMILES string of the molecule is COc1ccc(Oc2ccc(CO)o2)cc1. The summed E-state index contributed by atoms with van der Waals surface area (Å²) >= 11 is 0. The first-order valence-corrected chi connectivity index (χ1v) is 4.83. The number of benzene rings is 1. The van der Waals surface area contributed by atoms with Crippen molar-refractivity contribution in [2.45, 2.75) is 6.61 Å². The van der Waals surface area contributed by atoms with Crippen LogP contribution in [0.5, 0.6) is 17.4 Å². The first kappa shape index (κ1) is 10.6. The Morgan fingerprint density at radius 1 is 1.06 bits per heavy atom. The third-order valence-electron chi connectivity index (χ3n) is 2.07. The normalized spacial score (nSPS) is 10.1. The summed E-state index contributed by atoms with van der Waals surface area (Å²) in [6, 6.07) is 10.5. The van der Waals surface area contributed by atoms with Crippen molar-refractivity contribution in [2.75, 3.05) is 7.11 Å². The Morgan fingerprint density at radius 3 is 2.31 bits per heavy atom. The van der Waals surface area contributed by atoms with Gasteiger partial charge in [0.05, 0.1) is 7.11 Å². The quantitative estimate of drug-likeness (QED) is 0.860. The number of furan rings is 1. The molecular formula is C12H12O4. The predicted molar refractivity (Wildman–Crippen MR) is 57.7 cm³/mol. The molecule has 84 valence electrons. The first-order chi connectivity index (χ1) is 7.81. The van der Waals surface area contributed by atoms with E-state index in [9.17, 15) is 0 Å². The molecule has 0 bridgehead atoms. The van der Waals surface area contributed by atoms with Gasteiger partial charge in [-0.05, 0) is 30.3 Å². The second-order valence-electron chi connectivity index (χ2n) is 3.16. The maximum absolute atomic E-state index is 8.82. The zero-order valence-electron chi connectivity index (χ0n) is 8.84. The highest BCUT2D eigenvalue weighted by molar-refractivity contribution is 5.33. The fourth-order valence-corrected chi connectivity index (χ4v) is 1.26. The van der Waals surface area contributed by atoms with Crippen LogP contribution in [0.2, 0.25) is 0 Å². The van der Waals surface area contributed by atoms with E-state index in [-0.39, 0.29) is 6.61 Å². The van der Waals surface area contributed by atoms with E-state index in [0.29, 0.717) is 17.5 Å². The largest absolute Gasteiger partial charge is 0.497 e. The Bertz CT molecular complexity index is 444. The summed E-state index contributed by atoms with van der Waals surface area (Å²) < 4.78 is 15.6. The maximum atomic E-state index is 8.82. The Morgan fingerprint density at radius 2 is 1.75 bits per heavy atom. The Hall–Kier alpha value is -1.94. The fraction of sp³-hybridized carbons (Fsp3) is 0.167. The first-order valence-electron chi connectivity index (χ1n) is 4.83. The van der Waals surface area contributed by atoms with Gasteiger partial charge in [0.15, 0.2) is 0 Å². The summed E-state index contributed by atoms with van der Waals surface area (Å²) in [4.78, 5) is 0. The van der Waals surface area contributed by atoms with Crippen molar-refractivity contribution in [3.8, 4) is 17.4 Å². The van der Waals surface area contributed by atoms with Crippen molar-refractivity contribution in [3.63, 3.8) is 0 Å². The lowest BCUT2D eigenvalue weighted by molar-refractivity contribution is 0.231. The molecule has 1 heterocycles. The zero-order valence-corrected chi connectivity index (χ0v) is 8.84. The molecule has 0 fully saturated rings. The number of methoxy groups -OCH3 is 1. The molecular weight excluding hydrogens is 208 g/mol. The molecule has 0 unspecified atom stereocenters. The van der Waals surface area contributed by atoms with Crippen LogP contribution in [0, 0.1) is 0 Å². The maximum Gasteiger partial charge on any atom is 0.290 e. The van der Waals surface area contributed by atoms with E-state index in [4.69, 9.17) is 19.0 Å². The number of aliphatic hydroxyl groups is 1. The van der Waals surface area contributed by atoms with Gasteiger partial charge in [-0.2, -0.15) is 0 Å². The monoisotopic (exact) mass is 220 g/mol. The van der Waals surface area contributed by atoms with Crippen LogP contribution in [-0.2, 0) is 6.61 Å². The van der Waals surface area contributed by atoms with E-state index in [1.54, 1.807) is 43.5 Å². The molecule has 1 aromatic carbocycles. The van der Waals surface area contributed by atoms with Crippen LogP contribution in [0.15, 0.2) is 40.8 Å². The molecule has 2 rings (SSSR count). The summed E-state index contributed by atoms with van der Waals surface area (Å²) in [6.45, 7) is -0.133. The van der Waals surface area contributed by atoms with E-state index >= 15 is 0 Å². The van der Waals surface area contributed by atoms with Crippen LogP contribution in [0.1, 0.15) is 5.76 Å². The van der Waals surface area contributed by atoms with E-state index < -0.39 is 0 Å². The molecule has 0 amide bonds. The minimum absolute atomic E-state index is 0.133. The van der Waals surface area contributed by atoms with Gasteiger partial charge >= 0.3 is 0 Å². The zero-order chi connectivity index (χ0) is 11.4. The highest BCUT2D eigenvalue weighted by Gasteiger charge is 2.03. The smallest absolute Gasteiger partial charge is 0.290 e. The molecule has 0 aliphatic rings. The van der Waals surface area contributed by atoms with E-state index in [1.165, 1.54) is 0 Å². The number of ether oxygens (including phenoxy) is 2. The van der Waals surface area contributed by atoms with Crippen LogP contribution < -0.4 is 9.47 Å². The molecule has 0 spiro atoms. The van der Waals surface area contributed by atoms with Gasteiger partial charge in [-0.25, -0.2) is 0 Å². The van der Waals surface area contributed by atoms with Crippen LogP contribution in [0.4, 0.5) is 0 Å². The average Bonchev–Trinajstić information content (AvgIpc) is 2.78. The molecule has 0 saturated heterocycles. The standard InChI is InChI=1S/C12H12O4/c1-14-9-2-4-10(5-3-9)15-12-7-6-11(8-13)16-12/h2-7,13H,8H2,1H3. The van der Waals surface area contributed by atoms with Crippen molar-refractivity contribution in [3.05, 3.63) is 42.2 Å². The summed E-state index contributed by atoms with van der Waals surface area (Å²) in [7, 11) is 1.61. The summed E-state index contributed by atoms with van der Waals surface area (Å²) in [5.41, 5.74) is 0. The van der Waals surface area contributed by atoms with Gasteiger partial charge in [0.2, 0.25) is 0 Å². The van der Waals surface area contributed by atoms with Gasteiger partial charge in [-0.1, -0.05) is 0 Å². The van der Waals surface area contributed by atoms with Gasteiger partial charge in [0.1, 0.15) is 23.9 Å². The molecule has 1 aromatic heterocycles. The lowest BCUT2D eigenvalue weighted by Gasteiger charge is -2.03. The highest BCUT2D eigenvalue weighted by Crippen LogP contribution is 2.25. The van der Waals surface area contributed by atoms with Crippen molar-refractivity contribution >= 4 is 0 Å². The van der Waals surface area contributed by atoms with Gasteiger partial charge in [0, 0.05) is 6.07 Å². The second-order valence-corrected chi connectivity index (χ2v) is 3.16.